The molecule has 8 nitrogen and oxygen atoms in total. The number of benzene rings is 2. The molecular weight excluding hydrogens is 360 g/mol. The first-order valence-electron chi connectivity index (χ1n) is 8.85. The largest absolute Gasteiger partial charge is 0.495 e. The molecule has 4 amide bonds. The van der Waals surface area contributed by atoms with Crippen molar-refractivity contribution in [1.29, 1.82) is 0 Å². The highest BCUT2D eigenvalue weighted by molar-refractivity contribution is 6.00. The van der Waals surface area contributed by atoms with Gasteiger partial charge < -0.3 is 20.3 Å². The summed E-state index contributed by atoms with van der Waals surface area (Å²) in [6.07, 6.45) is 0. The molecule has 0 unspecified atom stereocenters. The number of anilines is 3. The Balaban J connectivity index is 1.59. The molecule has 28 heavy (non-hydrogen) atoms. The van der Waals surface area contributed by atoms with Gasteiger partial charge in [-0.05, 0) is 36.4 Å². The van der Waals surface area contributed by atoms with E-state index in [4.69, 9.17) is 4.74 Å². The highest BCUT2D eigenvalue weighted by Gasteiger charge is 2.32. The lowest BCUT2D eigenvalue weighted by molar-refractivity contribution is -0.116. The number of hydrogen-bond acceptors (Lipinski definition) is 4. The van der Waals surface area contributed by atoms with Crippen molar-refractivity contribution in [2.24, 2.45) is 0 Å². The van der Waals surface area contributed by atoms with Crippen LogP contribution in [0.25, 0.3) is 0 Å². The molecule has 0 spiro atoms. The SMILES string of the molecule is COc1ccccc1N1CCN(CC(=O)Nc2ccc(NC(C)=O)cc2)C1=O. The number of carbonyl (C=O) groups is 3. The fourth-order valence-electron chi connectivity index (χ4n) is 3.02. The number of methoxy groups -OCH3 is 1. The summed E-state index contributed by atoms with van der Waals surface area (Å²) in [5.41, 5.74) is 1.92. The molecule has 0 radical (unpaired) electrons. The third kappa shape index (κ3) is 4.40. The molecule has 1 saturated heterocycles. The minimum atomic E-state index is -0.289. The molecule has 146 valence electrons. The van der Waals surface area contributed by atoms with E-state index in [1.807, 2.05) is 18.2 Å². The Bertz CT molecular complexity index is 882. The molecule has 2 N–H and O–H groups in total. The summed E-state index contributed by atoms with van der Waals surface area (Å²) in [7, 11) is 1.56. The molecule has 0 aliphatic carbocycles. The van der Waals surface area contributed by atoms with Gasteiger partial charge in [0.1, 0.15) is 12.3 Å². The van der Waals surface area contributed by atoms with E-state index >= 15 is 0 Å². The van der Waals surface area contributed by atoms with Crippen molar-refractivity contribution < 1.29 is 19.1 Å². The lowest BCUT2D eigenvalue weighted by Crippen LogP contribution is -2.37. The van der Waals surface area contributed by atoms with Gasteiger partial charge in [0.15, 0.2) is 0 Å². The lowest BCUT2D eigenvalue weighted by Gasteiger charge is -2.20. The van der Waals surface area contributed by atoms with Crippen LogP contribution in [0.1, 0.15) is 6.92 Å². The number of para-hydroxylation sites is 2. The maximum Gasteiger partial charge on any atom is 0.325 e. The van der Waals surface area contributed by atoms with E-state index in [1.54, 1.807) is 42.3 Å². The van der Waals surface area contributed by atoms with Crippen LogP contribution < -0.4 is 20.3 Å². The van der Waals surface area contributed by atoms with Gasteiger partial charge in [-0.2, -0.15) is 0 Å². The Morgan fingerprint density at radius 3 is 2.29 bits per heavy atom. The van der Waals surface area contributed by atoms with Gasteiger partial charge >= 0.3 is 6.03 Å². The molecule has 1 aliphatic rings. The van der Waals surface area contributed by atoms with E-state index < -0.39 is 0 Å². The molecule has 2 aromatic rings. The summed E-state index contributed by atoms with van der Waals surface area (Å²) in [5, 5.41) is 5.42. The van der Waals surface area contributed by atoms with Crippen LogP contribution in [0.3, 0.4) is 0 Å². The molecule has 0 aromatic heterocycles. The molecule has 1 heterocycles. The third-order valence-corrected chi connectivity index (χ3v) is 4.29. The zero-order chi connectivity index (χ0) is 20.1. The molecule has 0 atom stereocenters. The van der Waals surface area contributed by atoms with E-state index in [9.17, 15) is 14.4 Å². The average molecular weight is 382 g/mol. The fourth-order valence-corrected chi connectivity index (χ4v) is 3.02. The highest BCUT2D eigenvalue weighted by atomic mass is 16.5. The molecule has 0 bridgehead atoms. The lowest BCUT2D eigenvalue weighted by atomic mass is 10.2. The Morgan fingerprint density at radius 1 is 1.00 bits per heavy atom. The topological polar surface area (TPSA) is 91.0 Å². The molecule has 3 rings (SSSR count). The quantitative estimate of drug-likeness (QED) is 0.803. The van der Waals surface area contributed by atoms with Crippen LogP contribution >= 0.6 is 0 Å². The zero-order valence-electron chi connectivity index (χ0n) is 15.8. The predicted octanol–water partition coefficient (Wildman–Crippen LogP) is 2.53. The van der Waals surface area contributed by atoms with E-state index in [0.717, 1.165) is 0 Å². The van der Waals surface area contributed by atoms with Crippen molar-refractivity contribution in [2.75, 3.05) is 42.3 Å². The number of amides is 4. The second-order valence-corrected chi connectivity index (χ2v) is 6.33. The van der Waals surface area contributed by atoms with Crippen LogP contribution in [0.5, 0.6) is 5.75 Å². The number of nitrogens with one attached hydrogen (secondary N) is 2. The number of rotatable bonds is 6. The second-order valence-electron chi connectivity index (χ2n) is 6.33. The summed E-state index contributed by atoms with van der Waals surface area (Å²) in [6.45, 7) is 2.32. The molecular formula is C20H22N4O4. The van der Waals surface area contributed by atoms with E-state index in [1.165, 1.54) is 11.8 Å². The normalized spacial score (nSPS) is 13.4. The Kier molecular flexibility index (Phi) is 5.78. The average Bonchev–Trinajstić information content (AvgIpc) is 3.03. The number of ether oxygens (including phenoxy) is 1. The molecule has 8 heteroatoms. The van der Waals surface area contributed by atoms with Gasteiger partial charge in [-0.15, -0.1) is 0 Å². The van der Waals surface area contributed by atoms with Crippen molar-refractivity contribution in [1.82, 2.24) is 4.90 Å². The minimum absolute atomic E-state index is 0.0437. The van der Waals surface area contributed by atoms with Crippen LogP contribution in [0, 0.1) is 0 Å². The first kappa shape index (κ1) is 19.2. The number of urea groups is 1. The van der Waals surface area contributed by atoms with Gasteiger partial charge in [0.05, 0.1) is 12.8 Å². The van der Waals surface area contributed by atoms with Gasteiger partial charge in [0, 0.05) is 31.4 Å². The minimum Gasteiger partial charge on any atom is -0.495 e. The molecule has 2 aromatic carbocycles. The van der Waals surface area contributed by atoms with Crippen molar-refractivity contribution in [2.45, 2.75) is 6.92 Å². The summed E-state index contributed by atoms with van der Waals surface area (Å²) in [5.74, 6) is 0.160. The van der Waals surface area contributed by atoms with E-state index in [2.05, 4.69) is 10.6 Å². The van der Waals surface area contributed by atoms with Gasteiger partial charge in [-0.3, -0.25) is 14.5 Å². The number of nitrogens with zero attached hydrogens (tertiary/aromatic N) is 2. The Morgan fingerprint density at radius 2 is 1.64 bits per heavy atom. The maximum absolute atomic E-state index is 12.7. The van der Waals surface area contributed by atoms with Gasteiger partial charge in [-0.1, -0.05) is 12.1 Å². The van der Waals surface area contributed by atoms with Gasteiger partial charge in [0.25, 0.3) is 0 Å². The smallest absolute Gasteiger partial charge is 0.325 e. The second kappa shape index (κ2) is 8.43. The molecule has 0 saturated carbocycles. The van der Waals surface area contributed by atoms with Crippen molar-refractivity contribution in [3.8, 4) is 5.75 Å². The summed E-state index contributed by atoms with van der Waals surface area (Å²) >= 11 is 0. The fraction of sp³-hybridized carbons (Fsp3) is 0.250. The van der Waals surface area contributed by atoms with Crippen LogP contribution in [-0.4, -0.2) is 49.5 Å². The summed E-state index contributed by atoms with van der Waals surface area (Å²) in [4.78, 5) is 39.1. The maximum atomic E-state index is 12.7. The Hall–Kier alpha value is -3.55. The van der Waals surface area contributed by atoms with Crippen LogP contribution in [0.4, 0.5) is 21.9 Å². The predicted molar refractivity (Wildman–Crippen MR) is 107 cm³/mol. The third-order valence-electron chi connectivity index (χ3n) is 4.29. The first-order valence-corrected chi connectivity index (χ1v) is 8.85. The zero-order valence-corrected chi connectivity index (χ0v) is 15.8. The van der Waals surface area contributed by atoms with Crippen LogP contribution in [0.2, 0.25) is 0 Å². The van der Waals surface area contributed by atoms with E-state index in [0.29, 0.717) is 35.9 Å². The number of hydrogen-bond donors (Lipinski definition) is 2. The highest BCUT2D eigenvalue weighted by Crippen LogP contribution is 2.30. The van der Waals surface area contributed by atoms with Crippen molar-refractivity contribution in [3.63, 3.8) is 0 Å². The van der Waals surface area contributed by atoms with Gasteiger partial charge in [0.2, 0.25) is 11.8 Å². The first-order chi connectivity index (χ1) is 13.5. The summed E-state index contributed by atoms with van der Waals surface area (Å²) in [6, 6.07) is 13.8. The van der Waals surface area contributed by atoms with Crippen molar-refractivity contribution >= 4 is 34.9 Å². The van der Waals surface area contributed by atoms with Crippen molar-refractivity contribution in [3.05, 3.63) is 48.5 Å². The monoisotopic (exact) mass is 382 g/mol. The molecule has 1 fully saturated rings. The van der Waals surface area contributed by atoms with E-state index in [-0.39, 0.29) is 24.4 Å². The van der Waals surface area contributed by atoms with Crippen LogP contribution in [-0.2, 0) is 9.59 Å². The number of carbonyl (C=O) groups excluding carboxylic acids is 3. The van der Waals surface area contributed by atoms with Gasteiger partial charge in [-0.25, -0.2) is 4.79 Å². The summed E-state index contributed by atoms with van der Waals surface area (Å²) < 4.78 is 5.32. The molecule has 1 aliphatic heterocycles. The Labute approximate surface area is 163 Å². The van der Waals surface area contributed by atoms with Crippen LogP contribution in [0.15, 0.2) is 48.5 Å². The standard InChI is InChI=1S/C20H22N4O4/c1-14(25)21-15-7-9-16(10-8-15)22-19(26)13-23-11-12-24(20(23)27)17-5-3-4-6-18(17)28-2/h3-10H,11-13H2,1-2H3,(H,21,25)(H,22,26).